The van der Waals surface area contributed by atoms with Gasteiger partial charge in [0.25, 0.3) is 0 Å². The molecule has 0 aliphatic carbocycles. The van der Waals surface area contributed by atoms with Crippen molar-refractivity contribution in [2.45, 2.75) is 19.3 Å². The van der Waals surface area contributed by atoms with Crippen LogP contribution in [0.2, 0.25) is 0 Å². The third-order valence-electron chi connectivity index (χ3n) is 3.36. The molecule has 3 rings (SSSR count). The Kier molecular flexibility index (Phi) is 3.31. The molecular weight excluding hydrogens is 246 g/mol. The smallest absolute Gasteiger partial charge is 0.184 e. The summed E-state index contributed by atoms with van der Waals surface area (Å²) in [6.07, 6.45) is -0.642. The number of ether oxygens (including phenoxy) is 2. The highest BCUT2D eigenvalue weighted by atomic mass is 16.7. The molecule has 5 heteroatoms. The lowest BCUT2D eigenvalue weighted by Crippen LogP contribution is -2.31. The van der Waals surface area contributed by atoms with Crippen molar-refractivity contribution >= 4 is 11.5 Å². The SMILES string of the molecule is CC(=O)C1=NO[C@H]2CO[C@@H](c3ccccc3)OC[C@@H]12. The Labute approximate surface area is 111 Å². The summed E-state index contributed by atoms with van der Waals surface area (Å²) in [6.45, 7) is 2.23. The molecule has 2 heterocycles. The van der Waals surface area contributed by atoms with E-state index in [0.29, 0.717) is 18.9 Å². The Morgan fingerprint density at radius 1 is 1.21 bits per heavy atom. The second-order valence-corrected chi connectivity index (χ2v) is 4.69. The van der Waals surface area contributed by atoms with E-state index < -0.39 is 6.29 Å². The molecule has 0 amide bonds. The van der Waals surface area contributed by atoms with Gasteiger partial charge in [-0.3, -0.25) is 4.79 Å². The zero-order valence-corrected chi connectivity index (χ0v) is 10.6. The first-order valence-electron chi connectivity index (χ1n) is 6.28. The normalized spacial score (nSPS) is 29.9. The van der Waals surface area contributed by atoms with Crippen LogP contribution in [-0.4, -0.2) is 30.8 Å². The number of carbonyl (C=O) groups excluding carboxylic acids is 1. The number of carbonyl (C=O) groups is 1. The van der Waals surface area contributed by atoms with Crippen molar-refractivity contribution in [3.63, 3.8) is 0 Å². The molecule has 0 bridgehead atoms. The van der Waals surface area contributed by atoms with E-state index in [9.17, 15) is 4.79 Å². The average molecular weight is 261 g/mol. The molecule has 2 aliphatic rings. The van der Waals surface area contributed by atoms with Gasteiger partial charge in [0.2, 0.25) is 0 Å². The highest BCUT2D eigenvalue weighted by Gasteiger charge is 2.40. The van der Waals surface area contributed by atoms with Gasteiger partial charge in [-0.05, 0) is 0 Å². The van der Waals surface area contributed by atoms with Crippen molar-refractivity contribution in [3.8, 4) is 0 Å². The monoisotopic (exact) mass is 261 g/mol. The average Bonchev–Trinajstić information content (AvgIpc) is 2.72. The van der Waals surface area contributed by atoms with E-state index >= 15 is 0 Å². The van der Waals surface area contributed by atoms with Crippen LogP contribution in [0.5, 0.6) is 0 Å². The van der Waals surface area contributed by atoms with Crippen LogP contribution in [0.1, 0.15) is 18.8 Å². The van der Waals surface area contributed by atoms with Gasteiger partial charge in [0.1, 0.15) is 5.71 Å². The lowest BCUT2D eigenvalue weighted by Gasteiger charge is -2.15. The summed E-state index contributed by atoms with van der Waals surface area (Å²) >= 11 is 0. The fraction of sp³-hybridized carbons (Fsp3) is 0.429. The number of ketones is 1. The maximum Gasteiger partial charge on any atom is 0.184 e. The van der Waals surface area contributed by atoms with Crippen LogP contribution in [0.4, 0.5) is 0 Å². The highest BCUT2D eigenvalue weighted by molar-refractivity contribution is 6.40. The Bertz CT molecular complexity index is 499. The Morgan fingerprint density at radius 2 is 1.95 bits per heavy atom. The molecule has 0 unspecified atom stereocenters. The second-order valence-electron chi connectivity index (χ2n) is 4.69. The molecule has 5 nitrogen and oxygen atoms in total. The molecule has 1 aromatic rings. The van der Waals surface area contributed by atoms with Crippen LogP contribution in [-0.2, 0) is 19.1 Å². The first-order valence-corrected chi connectivity index (χ1v) is 6.28. The van der Waals surface area contributed by atoms with Gasteiger partial charge in [0.05, 0.1) is 19.1 Å². The van der Waals surface area contributed by atoms with Gasteiger partial charge < -0.3 is 14.3 Å². The Hall–Kier alpha value is -1.72. The zero-order valence-electron chi connectivity index (χ0n) is 10.6. The summed E-state index contributed by atoms with van der Waals surface area (Å²) in [5.74, 6) is -0.208. The summed E-state index contributed by atoms with van der Waals surface area (Å²) in [5, 5.41) is 3.83. The first-order chi connectivity index (χ1) is 9.25. The van der Waals surface area contributed by atoms with Crippen molar-refractivity contribution in [3.05, 3.63) is 35.9 Å². The van der Waals surface area contributed by atoms with E-state index in [0.717, 1.165) is 5.56 Å². The number of rotatable bonds is 2. The summed E-state index contributed by atoms with van der Waals surface area (Å²) in [4.78, 5) is 16.7. The second kappa shape index (κ2) is 5.11. The van der Waals surface area contributed by atoms with Crippen molar-refractivity contribution in [1.82, 2.24) is 0 Å². The highest BCUT2D eigenvalue weighted by Crippen LogP contribution is 2.29. The fourth-order valence-corrected chi connectivity index (χ4v) is 2.32. The standard InChI is InChI=1S/C14H15NO4/c1-9(16)13-11-7-17-14(10-5-3-2-4-6-10)18-8-12(11)19-15-13/h2-6,11-12,14H,7-8H2,1H3/t11-,12+,14+/m1/s1. The minimum absolute atomic E-state index is 0.0748. The predicted molar refractivity (Wildman–Crippen MR) is 67.6 cm³/mol. The van der Waals surface area contributed by atoms with Crippen molar-refractivity contribution in [2.75, 3.05) is 13.2 Å². The van der Waals surface area contributed by atoms with Gasteiger partial charge in [-0.15, -0.1) is 0 Å². The first kappa shape index (κ1) is 12.3. The van der Waals surface area contributed by atoms with Crippen LogP contribution in [0.3, 0.4) is 0 Å². The summed E-state index contributed by atoms with van der Waals surface area (Å²) in [5.41, 5.74) is 1.41. The summed E-state index contributed by atoms with van der Waals surface area (Å²) in [6, 6.07) is 9.72. The van der Waals surface area contributed by atoms with Gasteiger partial charge in [-0.2, -0.15) is 0 Å². The minimum atomic E-state index is -0.413. The van der Waals surface area contributed by atoms with E-state index in [1.165, 1.54) is 6.92 Å². The van der Waals surface area contributed by atoms with Crippen molar-refractivity contribution in [1.29, 1.82) is 0 Å². The molecule has 1 fully saturated rings. The number of oxime groups is 1. The van der Waals surface area contributed by atoms with Gasteiger partial charge in [0, 0.05) is 12.5 Å². The zero-order chi connectivity index (χ0) is 13.2. The van der Waals surface area contributed by atoms with Crippen LogP contribution in [0.15, 0.2) is 35.5 Å². The van der Waals surface area contributed by atoms with Gasteiger partial charge in [0.15, 0.2) is 18.2 Å². The molecule has 100 valence electrons. The number of Topliss-reactive ketones (excluding diaryl/α,β-unsaturated/α-hetero) is 1. The maximum absolute atomic E-state index is 11.5. The number of benzene rings is 1. The molecule has 3 atom stereocenters. The van der Waals surface area contributed by atoms with E-state index in [1.54, 1.807) is 0 Å². The van der Waals surface area contributed by atoms with E-state index in [4.69, 9.17) is 14.3 Å². The van der Waals surface area contributed by atoms with Crippen LogP contribution < -0.4 is 0 Å². The fourth-order valence-electron chi connectivity index (χ4n) is 2.32. The van der Waals surface area contributed by atoms with Crippen LogP contribution in [0.25, 0.3) is 0 Å². The molecule has 0 saturated carbocycles. The molecule has 1 saturated heterocycles. The Morgan fingerprint density at radius 3 is 2.68 bits per heavy atom. The quantitative estimate of drug-likeness (QED) is 0.813. The van der Waals surface area contributed by atoms with Crippen molar-refractivity contribution < 1.29 is 19.1 Å². The van der Waals surface area contributed by atoms with Gasteiger partial charge in [-0.1, -0.05) is 35.5 Å². The topological polar surface area (TPSA) is 57.1 Å². The Balaban J connectivity index is 1.74. The van der Waals surface area contributed by atoms with E-state index in [2.05, 4.69) is 5.16 Å². The maximum atomic E-state index is 11.5. The molecule has 1 aromatic carbocycles. The van der Waals surface area contributed by atoms with Crippen LogP contribution >= 0.6 is 0 Å². The predicted octanol–water partition coefficient (Wildman–Crippen LogP) is 1.69. The summed E-state index contributed by atoms with van der Waals surface area (Å²) < 4.78 is 11.4. The molecule has 0 radical (unpaired) electrons. The number of nitrogens with zero attached hydrogens (tertiary/aromatic N) is 1. The third kappa shape index (κ3) is 2.39. The molecule has 0 N–H and O–H groups in total. The molecule has 0 aromatic heterocycles. The number of hydrogen-bond donors (Lipinski definition) is 0. The number of hydrogen-bond acceptors (Lipinski definition) is 5. The van der Waals surface area contributed by atoms with Gasteiger partial charge >= 0.3 is 0 Å². The lowest BCUT2D eigenvalue weighted by molar-refractivity contribution is -0.139. The third-order valence-corrected chi connectivity index (χ3v) is 3.36. The molecule has 0 spiro atoms. The number of fused-ring (bicyclic) bond motifs is 1. The lowest BCUT2D eigenvalue weighted by atomic mass is 9.96. The van der Waals surface area contributed by atoms with Crippen molar-refractivity contribution in [2.24, 2.45) is 11.1 Å². The molecular formula is C14H15NO4. The molecule has 2 aliphatic heterocycles. The van der Waals surface area contributed by atoms with Gasteiger partial charge in [-0.25, -0.2) is 0 Å². The summed E-state index contributed by atoms with van der Waals surface area (Å²) in [7, 11) is 0. The molecule has 19 heavy (non-hydrogen) atoms. The van der Waals surface area contributed by atoms with E-state index in [1.807, 2.05) is 30.3 Å². The minimum Gasteiger partial charge on any atom is -0.389 e. The van der Waals surface area contributed by atoms with E-state index in [-0.39, 0.29) is 17.8 Å². The largest absolute Gasteiger partial charge is 0.389 e. The van der Waals surface area contributed by atoms with Crippen LogP contribution in [0, 0.1) is 5.92 Å².